The predicted molar refractivity (Wildman–Crippen MR) is 77.3 cm³/mol. The van der Waals surface area contributed by atoms with Gasteiger partial charge in [0.1, 0.15) is 5.75 Å². The maximum Gasteiger partial charge on any atom is 0.308 e. The normalized spacial score (nSPS) is 22.4. The summed E-state index contributed by atoms with van der Waals surface area (Å²) in [5.74, 6) is 0.276. The number of carbonyl (C=O) groups excluding carboxylic acids is 1. The third-order valence-corrected chi connectivity index (χ3v) is 3.83. The first-order chi connectivity index (χ1) is 9.69. The fourth-order valence-corrected chi connectivity index (χ4v) is 2.73. The summed E-state index contributed by atoms with van der Waals surface area (Å²) in [6.45, 7) is 3.07. The molecule has 20 heavy (non-hydrogen) atoms. The molecule has 2 N–H and O–H groups in total. The fraction of sp³-hybridized carbons (Fsp3) is 0.562. The van der Waals surface area contributed by atoms with E-state index in [9.17, 15) is 9.90 Å². The lowest BCUT2D eigenvalue weighted by molar-refractivity contribution is -0.149. The Morgan fingerprint density at radius 2 is 2.10 bits per heavy atom. The van der Waals surface area contributed by atoms with Crippen LogP contribution in [0, 0.1) is 5.92 Å². The molecule has 4 heteroatoms. The van der Waals surface area contributed by atoms with Gasteiger partial charge >= 0.3 is 5.97 Å². The van der Waals surface area contributed by atoms with Crippen LogP contribution in [-0.2, 0) is 16.1 Å². The van der Waals surface area contributed by atoms with E-state index in [1.54, 1.807) is 12.1 Å². The summed E-state index contributed by atoms with van der Waals surface area (Å²) in [7, 11) is 0. The maximum atomic E-state index is 11.8. The number of esters is 1. The number of hydrogen-bond donors (Lipinski definition) is 2. The molecule has 1 aliphatic carbocycles. The van der Waals surface area contributed by atoms with Gasteiger partial charge in [-0.3, -0.25) is 4.79 Å². The molecule has 0 saturated heterocycles. The maximum absolute atomic E-state index is 11.8. The topological polar surface area (TPSA) is 58.6 Å². The Morgan fingerprint density at radius 3 is 2.80 bits per heavy atom. The molecule has 1 aliphatic rings. The largest absolute Gasteiger partial charge is 0.508 e. The van der Waals surface area contributed by atoms with E-state index in [0.717, 1.165) is 37.8 Å². The minimum absolute atomic E-state index is 0.0426. The summed E-state index contributed by atoms with van der Waals surface area (Å²) in [6, 6.07) is 7.58. The van der Waals surface area contributed by atoms with Gasteiger partial charge in [-0.25, -0.2) is 0 Å². The number of carbonyl (C=O) groups is 1. The quantitative estimate of drug-likeness (QED) is 0.812. The van der Waals surface area contributed by atoms with E-state index in [1.165, 1.54) is 0 Å². The molecule has 0 heterocycles. The lowest BCUT2D eigenvalue weighted by Crippen LogP contribution is -2.36. The minimum Gasteiger partial charge on any atom is -0.508 e. The zero-order valence-electron chi connectivity index (χ0n) is 12.0. The van der Waals surface area contributed by atoms with Gasteiger partial charge in [0.15, 0.2) is 0 Å². The van der Waals surface area contributed by atoms with Gasteiger partial charge in [0, 0.05) is 12.6 Å². The van der Waals surface area contributed by atoms with Gasteiger partial charge in [-0.1, -0.05) is 18.6 Å². The smallest absolute Gasteiger partial charge is 0.308 e. The van der Waals surface area contributed by atoms with Crippen LogP contribution in [0.25, 0.3) is 0 Å². The average molecular weight is 277 g/mol. The second-order valence-electron chi connectivity index (χ2n) is 5.36. The Labute approximate surface area is 120 Å². The number of benzene rings is 1. The lowest BCUT2D eigenvalue weighted by Gasteiger charge is -2.28. The first-order valence-corrected chi connectivity index (χ1v) is 7.37. The van der Waals surface area contributed by atoms with E-state index >= 15 is 0 Å². The van der Waals surface area contributed by atoms with Crippen molar-refractivity contribution in [3.05, 3.63) is 29.8 Å². The highest BCUT2D eigenvalue weighted by Crippen LogP contribution is 2.25. The summed E-state index contributed by atoms with van der Waals surface area (Å²) < 4.78 is 5.11. The highest BCUT2D eigenvalue weighted by atomic mass is 16.5. The van der Waals surface area contributed by atoms with Gasteiger partial charge in [0.2, 0.25) is 0 Å². The Morgan fingerprint density at radius 1 is 1.35 bits per heavy atom. The highest BCUT2D eigenvalue weighted by Gasteiger charge is 2.27. The second kappa shape index (κ2) is 7.29. The Bertz CT molecular complexity index is 430. The zero-order valence-corrected chi connectivity index (χ0v) is 12.0. The molecule has 0 aliphatic heterocycles. The van der Waals surface area contributed by atoms with Crippen molar-refractivity contribution < 1.29 is 14.6 Å². The number of nitrogens with one attached hydrogen (secondary N) is 1. The molecule has 1 aromatic rings. The Balaban J connectivity index is 1.80. The molecule has 1 saturated carbocycles. The molecule has 0 spiro atoms. The molecule has 0 amide bonds. The van der Waals surface area contributed by atoms with E-state index in [4.69, 9.17) is 4.74 Å². The first kappa shape index (κ1) is 14.9. The molecule has 0 radical (unpaired) electrons. The van der Waals surface area contributed by atoms with Crippen LogP contribution in [0.1, 0.15) is 38.2 Å². The van der Waals surface area contributed by atoms with E-state index in [2.05, 4.69) is 5.32 Å². The summed E-state index contributed by atoms with van der Waals surface area (Å²) in [5.41, 5.74) is 1.14. The number of hydrogen-bond acceptors (Lipinski definition) is 4. The van der Waals surface area contributed by atoms with Gasteiger partial charge in [-0.2, -0.15) is 0 Å². The van der Waals surface area contributed by atoms with Crippen molar-refractivity contribution in [1.29, 1.82) is 0 Å². The summed E-state index contributed by atoms with van der Waals surface area (Å²) in [5, 5.41) is 12.7. The van der Waals surface area contributed by atoms with E-state index < -0.39 is 0 Å². The van der Waals surface area contributed by atoms with Crippen molar-refractivity contribution in [2.45, 2.75) is 45.2 Å². The molecular weight excluding hydrogens is 254 g/mol. The van der Waals surface area contributed by atoms with Crippen LogP contribution < -0.4 is 5.32 Å². The highest BCUT2D eigenvalue weighted by molar-refractivity contribution is 5.72. The van der Waals surface area contributed by atoms with E-state index in [0.29, 0.717) is 12.6 Å². The predicted octanol–water partition coefficient (Wildman–Crippen LogP) is 2.60. The van der Waals surface area contributed by atoms with Crippen LogP contribution in [0.3, 0.4) is 0 Å². The molecule has 1 fully saturated rings. The summed E-state index contributed by atoms with van der Waals surface area (Å²) in [6.07, 6.45) is 3.97. The molecule has 2 atom stereocenters. The van der Waals surface area contributed by atoms with Crippen molar-refractivity contribution >= 4 is 5.97 Å². The van der Waals surface area contributed by atoms with Crippen molar-refractivity contribution in [2.24, 2.45) is 5.92 Å². The van der Waals surface area contributed by atoms with Crippen LogP contribution in [0.5, 0.6) is 5.75 Å². The third-order valence-electron chi connectivity index (χ3n) is 3.83. The Kier molecular flexibility index (Phi) is 5.41. The van der Waals surface area contributed by atoms with Gasteiger partial charge in [-0.05, 0) is 43.9 Å². The molecule has 110 valence electrons. The van der Waals surface area contributed by atoms with E-state index in [-0.39, 0.29) is 17.6 Å². The third kappa shape index (κ3) is 4.23. The summed E-state index contributed by atoms with van der Waals surface area (Å²) in [4.78, 5) is 11.8. The lowest BCUT2D eigenvalue weighted by atomic mass is 9.85. The molecule has 0 aromatic heterocycles. The average Bonchev–Trinajstić information content (AvgIpc) is 2.47. The molecule has 1 aromatic carbocycles. The van der Waals surface area contributed by atoms with Gasteiger partial charge in [0.05, 0.1) is 12.5 Å². The first-order valence-electron chi connectivity index (χ1n) is 7.37. The standard InChI is InChI=1S/C16H23NO3/c1-2-20-16(19)13-4-3-5-14(10-13)17-11-12-6-8-15(18)9-7-12/h6-9,13-14,17-18H,2-5,10-11H2,1H3. The number of phenols is 1. The second-order valence-corrected chi connectivity index (χ2v) is 5.36. The van der Waals surface area contributed by atoms with Gasteiger partial charge < -0.3 is 15.2 Å². The molecule has 2 rings (SSSR count). The minimum atomic E-state index is -0.0522. The van der Waals surface area contributed by atoms with Crippen molar-refractivity contribution in [3.8, 4) is 5.75 Å². The van der Waals surface area contributed by atoms with Crippen LogP contribution in [0.2, 0.25) is 0 Å². The fourth-order valence-electron chi connectivity index (χ4n) is 2.73. The number of phenolic OH excluding ortho intramolecular Hbond substituents is 1. The zero-order chi connectivity index (χ0) is 14.4. The van der Waals surface area contributed by atoms with Crippen LogP contribution in [-0.4, -0.2) is 23.7 Å². The van der Waals surface area contributed by atoms with Crippen LogP contribution >= 0.6 is 0 Å². The Hall–Kier alpha value is -1.55. The van der Waals surface area contributed by atoms with E-state index in [1.807, 2.05) is 19.1 Å². The van der Waals surface area contributed by atoms with Crippen LogP contribution in [0.15, 0.2) is 24.3 Å². The molecular formula is C16H23NO3. The SMILES string of the molecule is CCOC(=O)C1CCCC(NCc2ccc(O)cc2)C1. The summed E-state index contributed by atoms with van der Waals surface area (Å²) >= 11 is 0. The van der Waals surface area contributed by atoms with Crippen molar-refractivity contribution in [3.63, 3.8) is 0 Å². The number of ether oxygens (including phenoxy) is 1. The molecule has 2 unspecified atom stereocenters. The van der Waals surface area contributed by atoms with Crippen LogP contribution in [0.4, 0.5) is 0 Å². The monoisotopic (exact) mass is 277 g/mol. The van der Waals surface area contributed by atoms with Gasteiger partial charge in [-0.15, -0.1) is 0 Å². The number of aromatic hydroxyl groups is 1. The van der Waals surface area contributed by atoms with Crippen molar-refractivity contribution in [1.82, 2.24) is 5.32 Å². The van der Waals surface area contributed by atoms with Crippen molar-refractivity contribution in [2.75, 3.05) is 6.61 Å². The number of rotatable bonds is 5. The molecule has 4 nitrogen and oxygen atoms in total. The molecule has 0 bridgehead atoms. The van der Waals surface area contributed by atoms with Gasteiger partial charge in [0.25, 0.3) is 0 Å².